The summed E-state index contributed by atoms with van der Waals surface area (Å²) in [5.41, 5.74) is 1.03. The summed E-state index contributed by atoms with van der Waals surface area (Å²) in [5, 5.41) is 13.3. The van der Waals surface area contributed by atoms with Gasteiger partial charge >= 0.3 is 0 Å². The number of nitro benzene ring substituents is 1. The molecular formula is C12H22N2O2. The molecule has 0 heterocycles. The van der Waals surface area contributed by atoms with Crippen LogP contribution in [-0.4, -0.2) is 11.5 Å². The molecule has 0 saturated carbocycles. The zero-order chi connectivity index (χ0) is 13.0. The summed E-state index contributed by atoms with van der Waals surface area (Å²) in [6, 6.07) is 6.36. The van der Waals surface area contributed by atoms with Gasteiger partial charge in [0, 0.05) is 24.4 Å². The van der Waals surface area contributed by atoms with Crippen LogP contribution in [0.3, 0.4) is 0 Å². The fraction of sp³-hybridized carbons (Fsp3) is 0.500. The van der Waals surface area contributed by atoms with Gasteiger partial charge in [-0.25, -0.2) is 0 Å². The van der Waals surface area contributed by atoms with Gasteiger partial charge in [-0.1, -0.05) is 27.7 Å². The van der Waals surface area contributed by atoms with Crippen LogP contribution in [0, 0.1) is 10.1 Å². The third-order valence-corrected chi connectivity index (χ3v) is 1.46. The first-order valence-corrected chi connectivity index (χ1v) is 5.72. The van der Waals surface area contributed by atoms with E-state index in [9.17, 15) is 10.1 Å². The molecule has 0 radical (unpaired) electrons. The summed E-state index contributed by atoms with van der Waals surface area (Å²) in [4.78, 5) is 9.85. The van der Waals surface area contributed by atoms with Crippen LogP contribution in [0.4, 0.5) is 11.4 Å². The molecule has 1 rings (SSSR count). The van der Waals surface area contributed by atoms with Crippen LogP contribution in [0.5, 0.6) is 0 Å². The molecule has 1 aromatic rings. The molecule has 1 N–H and O–H groups in total. The number of nitro groups is 1. The van der Waals surface area contributed by atoms with Gasteiger partial charge in [-0.2, -0.15) is 0 Å². The lowest BCUT2D eigenvalue weighted by Crippen LogP contribution is -1.96. The largest absolute Gasteiger partial charge is 0.385 e. The first-order valence-electron chi connectivity index (χ1n) is 5.72. The van der Waals surface area contributed by atoms with Gasteiger partial charge in [0.05, 0.1) is 4.92 Å². The van der Waals surface area contributed by atoms with E-state index in [1.165, 1.54) is 12.1 Å². The highest BCUT2D eigenvalue weighted by molar-refractivity contribution is 5.48. The zero-order valence-electron chi connectivity index (χ0n) is 10.8. The van der Waals surface area contributed by atoms with Crippen LogP contribution in [0.15, 0.2) is 24.3 Å². The molecule has 0 amide bonds. The minimum atomic E-state index is -0.407. The van der Waals surface area contributed by atoms with Gasteiger partial charge in [-0.05, 0) is 19.1 Å². The minimum absolute atomic E-state index is 0.122. The van der Waals surface area contributed by atoms with Crippen LogP contribution in [0.25, 0.3) is 0 Å². The van der Waals surface area contributed by atoms with Crippen molar-refractivity contribution in [2.24, 2.45) is 0 Å². The van der Waals surface area contributed by atoms with Gasteiger partial charge in [0.25, 0.3) is 5.69 Å². The van der Waals surface area contributed by atoms with Crippen LogP contribution >= 0.6 is 0 Å². The number of nitrogens with zero attached hydrogens (tertiary/aromatic N) is 1. The molecule has 0 spiro atoms. The van der Waals surface area contributed by atoms with Crippen molar-refractivity contribution in [2.75, 3.05) is 11.9 Å². The molecule has 0 fully saturated rings. The van der Waals surface area contributed by atoms with Crippen molar-refractivity contribution in [1.29, 1.82) is 0 Å². The second-order valence-corrected chi connectivity index (χ2v) is 2.33. The summed E-state index contributed by atoms with van der Waals surface area (Å²) in [6.07, 6.45) is 0. The van der Waals surface area contributed by atoms with Crippen LogP contribution in [0.2, 0.25) is 0 Å². The zero-order valence-corrected chi connectivity index (χ0v) is 10.8. The number of nitrogens with one attached hydrogen (secondary N) is 1. The fourth-order valence-electron chi connectivity index (χ4n) is 0.905. The summed E-state index contributed by atoms with van der Waals surface area (Å²) >= 11 is 0. The highest BCUT2D eigenvalue weighted by atomic mass is 16.6. The number of hydrogen-bond acceptors (Lipinski definition) is 3. The Bertz CT molecular complexity index is 271. The average molecular weight is 226 g/mol. The lowest BCUT2D eigenvalue weighted by atomic mass is 10.3. The lowest BCUT2D eigenvalue weighted by molar-refractivity contribution is -0.384. The maximum absolute atomic E-state index is 10.3. The third kappa shape index (κ3) is 6.81. The molecule has 0 aliphatic rings. The SMILES string of the molecule is CC.CC.CCNc1ccc([N+](=O)[O-])cc1. The number of benzene rings is 1. The summed E-state index contributed by atoms with van der Waals surface area (Å²) in [6.45, 7) is 10.8. The summed E-state index contributed by atoms with van der Waals surface area (Å²) in [5.74, 6) is 0. The maximum atomic E-state index is 10.3. The van der Waals surface area contributed by atoms with Gasteiger partial charge in [-0.15, -0.1) is 0 Å². The Hall–Kier alpha value is -1.58. The average Bonchev–Trinajstić information content (AvgIpc) is 2.35. The third-order valence-electron chi connectivity index (χ3n) is 1.46. The van der Waals surface area contributed by atoms with Crippen molar-refractivity contribution < 1.29 is 4.92 Å². The Labute approximate surface area is 97.8 Å². The molecule has 0 saturated heterocycles. The van der Waals surface area contributed by atoms with E-state index in [0.29, 0.717) is 0 Å². The minimum Gasteiger partial charge on any atom is -0.385 e. The van der Waals surface area contributed by atoms with Crippen molar-refractivity contribution in [2.45, 2.75) is 34.6 Å². The number of hydrogen-bond donors (Lipinski definition) is 1. The lowest BCUT2D eigenvalue weighted by Gasteiger charge is -2.00. The standard InChI is InChI=1S/C8H10N2O2.2C2H6/c1-2-9-7-3-5-8(6-4-7)10(11)12;2*1-2/h3-6,9H,2H2,1H3;2*1-2H3. The van der Waals surface area contributed by atoms with E-state index in [0.717, 1.165) is 12.2 Å². The molecule has 0 aliphatic carbocycles. The molecule has 0 atom stereocenters. The first kappa shape index (κ1) is 16.8. The predicted molar refractivity (Wildman–Crippen MR) is 70.0 cm³/mol. The van der Waals surface area contributed by atoms with Crippen LogP contribution < -0.4 is 5.32 Å². The number of non-ortho nitro benzene ring substituents is 1. The molecule has 4 nitrogen and oxygen atoms in total. The van der Waals surface area contributed by atoms with Crippen LogP contribution in [0.1, 0.15) is 34.6 Å². The Kier molecular flexibility index (Phi) is 12.1. The van der Waals surface area contributed by atoms with Gasteiger partial charge in [0.15, 0.2) is 0 Å². The van der Waals surface area contributed by atoms with Crippen molar-refractivity contribution in [3.8, 4) is 0 Å². The molecule has 0 aliphatic heterocycles. The van der Waals surface area contributed by atoms with Crippen molar-refractivity contribution >= 4 is 11.4 Å². The normalized spacial score (nSPS) is 7.81. The Morgan fingerprint density at radius 3 is 1.88 bits per heavy atom. The van der Waals surface area contributed by atoms with E-state index in [1.807, 2.05) is 34.6 Å². The Morgan fingerprint density at radius 2 is 1.56 bits per heavy atom. The molecule has 0 bridgehead atoms. The highest BCUT2D eigenvalue weighted by Crippen LogP contribution is 2.14. The quantitative estimate of drug-likeness (QED) is 0.624. The predicted octanol–water partition coefficient (Wildman–Crippen LogP) is 4.08. The first-order chi connectivity index (χ1) is 7.74. The second kappa shape index (κ2) is 11.5. The number of rotatable bonds is 3. The molecule has 92 valence electrons. The van der Waals surface area contributed by atoms with E-state index >= 15 is 0 Å². The topological polar surface area (TPSA) is 55.2 Å². The van der Waals surface area contributed by atoms with E-state index < -0.39 is 4.92 Å². The molecular weight excluding hydrogens is 204 g/mol. The summed E-state index contributed by atoms with van der Waals surface area (Å²) in [7, 11) is 0. The van der Waals surface area contributed by atoms with E-state index in [2.05, 4.69) is 5.32 Å². The van der Waals surface area contributed by atoms with E-state index in [4.69, 9.17) is 0 Å². The van der Waals surface area contributed by atoms with Crippen molar-refractivity contribution in [3.63, 3.8) is 0 Å². The fourth-order valence-corrected chi connectivity index (χ4v) is 0.905. The van der Waals surface area contributed by atoms with E-state index in [1.54, 1.807) is 12.1 Å². The van der Waals surface area contributed by atoms with Crippen molar-refractivity contribution in [3.05, 3.63) is 34.4 Å². The molecule has 16 heavy (non-hydrogen) atoms. The number of anilines is 1. The highest BCUT2D eigenvalue weighted by Gasteiger charge is 2.02. The molecule has 1 aromatic carbocycles. The summed E-state index contributed by atoms with van der Waals surface area (Å²) < 4.78 is 0. The van der Waals surface area contributed by atoms with Crippen molar-refractivity contribution in [1.82, 2.24) is 0 Å². The van der Waals surface area contributed by atoms with Gasteiger partial charge in [0.2, 0.25) is 0 Å². The van der Waals surface area contributed by atoms with Gasteiger partial charge in [-0.3, -0.25) is 10.1 Å². The molecule has 0 aromatic heterocycles. The molecule has 4 heteroatoms. The smallest absolute Gasteiger partial charge is 0.269 e. The van der Waals surface area contributed by atoms with Crippen LogP contribution in [-0.2, 0) is 0 Å². The Balaban J connectivity index is 0. The van der Waals surface area contributed by atoms with E-state index in [-0.39, 0.29) is 5.69 Å². The Morgan fingerprint density at radius 1 is 1.12 bits per heavy atom. The van der Waals surface area contributed by atoms with Gasteiger partial charge in [0.1, 0.15) is 0 Å². The molecule has 0 unspecified atom stereocenters. The maximum Gasteiger partial charge on any atom is 0.269 e. The second-order valence-electron chi connectivity index (χ2n) is 2.33. The monoisotopic (exact) mass is 226 g/mol. The van der Waals surface area contributed by atoms with Gasteiger partial charge < -0.3 is 5.32 Å².